The molecule has 2 N–H and O–H groups in total. The van der Waals surface area contributed by atoms with E-state index in [4.69, 9.17) is 4.74 Å². The highest BCUT2D eigenvalue weighted by atomic mass is 16.6. The summed E-state index contributed by atoms with van der Waals surface area (Å²) < 4.78 is 6.11. The minimum atomic E-state index is -0.281. The number of allylic oxidation sites excluding steroid dienone is 1. The number of aliphatic hydroxyl groups excluding tert-OH is 2. The van der Waals surface area contributed by atoms with Crippen molar-refractivity contribution in [1.29, 1.82) is 0 Å². The summed E-state index contributed by atoms with van der Waals surface area (Å²) in [5, 5.41) is 20.7. The first kappa shape index (κ1) is 14.0. The Bertz CT molecular complexity index is 545. The van der Waals surface area contributed by atoms with Crippen molar-refractivity contribution in [2.24, 2.45) is 28.6 Å². The number of ether oxygens (including phenoxy) is 1. The molecule has 3 saturated carbocycles. The average Bonchev–Trinajstić information content (AvgIpc) is 3.17. The third kappa shape index (κ3) is 1.36. The topological polar surface area (TPSA) is 53.0 Å². The largest absolute Gasteiger partial charge is 0.393 e. The molecule has 0 aromatic carbocycles. The molecule has 22 heavy (non-hydrogen) atoms. The van der Waals surface area contributed by atoms with E-state index in [0.29, 0.717) is 17.8 Å². The Morgan fingerprint density at radius 1 is 1.00 bits per heavy atom. The van der Waals surface area contributed by atoms with Crippen LogP contribution < -0.4 is 0 Å². The first-order valence-corrected chi connectivity index (χ1v) is 9.16. The SMILES string of the molecule is C[C@]12CC[C@@H]3[C@@H](C=CC45OC4C(O)CC[C@]35C)[C@@H]1CCC2O. The molecule has 9 atom stereocenters. The number of fused-ring (bicyclic) bond motifs is 4. The summed E-state index contributed by atoms with van der Waals surface area (Å²) in [5.41, 5.74) is 0.104. The average molecular weight is 304 g/mol. The van der Waals surface area contributed by atoms with Crippen molar-refractivity contribution in [3.05, 3.63) is 12.2 Å². The van der Waals surface area contributed by atoms with Gasteiger partial charge in [0.05, 0.1) is 12.2 Å². The standard InChI is InChI=1S/C19H28O3/c1-17-8-6-13-11(12(17)3-4-15(17)21)5-10-19-16(22-19)14(20)7-9-18(13,19)2/h5,10-16,20-21H,3-4,6-9H2,1-2H3/t11-,12-,13+,14?,15?,16?,17-,18+,19?/m0/s1. The van der Waals surface area contributed by atoms with Crippen molar-refractivity contribution in [2.45, 2.75) is 76.3 Å². The van der Waals surface area contributed by atoms with Gasteiger partial charge in [0.1, 0.15) is 11.7 Å². The fraction of sp³-hybridized carbons (Fsp3) is 0.895. The summed E-state index contributed by atoms with van der Waals surface area (Å²) in [5.74, 6) is 1.86. The Morgan fingerprint density at radius 3 is 2.64 bits per heavy atom. The molecule has 4 unspecified atom stereocenters. The van der Waals surface area contributed by atoms with E-state index in [0.717, 1.165) is 25.7 Å². The van der Waals surface area contributed by atoms with Crippen LogP contribution in [0.25, 0.3) is 0 Å². The third-order valence-electron chi connectivity index (χ3n) is 8.56. The van der Waals surface area contributed by atoms with Crippen LogP contribution in [0.1, 0.15) is 52.4 Å². The van der Waals surface area contributed by atoms with Crippen molar-refractivity contribution < 1.29 is 14.9 Å². The van der Waals surface area contributed by atoms with Crippen LogP contribution in [0.3, 0.4) is 0 Å². The highest BCUT2D eigenvalue weighted by Crippen LogP contribution is 2.70. The zero-order valence-corrected chi connectivity index (χ0v) is 13.7. The highest BCUT2D eigenvalue weighted by molar-refractivity contribution is 5.34. The van der Waals surface area contributed by atoms with E-state index in [-0.39, 0.29) is 34.7 Å². The van der Waals surface area contributed by atoms with Crippen molar-refractivity contribution in [3.63, 3.8) is 0 Å². The zero-order valence-electron chi connectivity index (χ0n) is 13.7. The quantitative estimate of drug-likeness (QED) is 0.534. The van der Waals surface area contributed by atoms with Crippen LogP contribution in [0.4, 0.5) is 0 Å². The van der Waals surface area contributed by atoms with Crippen LogP contribution in [-0.2, 0) is 4.74 Å². The molecule has 1 heterocycles. The minimum absolute atomic E-state index is 0.0333. The number of epoxide rings is 1. The van der Waals surface area contributed by atoms with E-state index in [2.05, 4.69) is 26.0 Å². The van der Waals surface area contributed by atoms with Gasteiger partial charge in [-0.2, -0.15) is 0 Å². The van der Waals surface area contributed by atoms with E-state index < -0.39 is 0 Å². The maximum atomic E-state index is 10.5. The molecule has 3 nitrogen and oxygen atoms in total. The fourth-order valence-electron chi connectivity index (χ4n) is 7.03. The lowest BCUT2D eigenvalue weighted by Crippen LogP contribution is -2.56. The van der Waals surface area contributed by atoms with Gasteiger partial charge in [-0.15, -0.1) is 0 Å². The number of hydrogen-bond acceptors (Lipinski definition) is 3. The first-order valence-electron chi connectivity index (χ1n) is 9.16. The maximum Gasteiger partial charge on any atom is 0.121 e. The Labute approximate surface area is 132 Å². The molecule has 4 aliphatic carbocycles. The van der Waals surface area contributed by atoms with Gasteiger partial charge in [0.2, 0.25) is 0 Å². The molecule has 0 amide bonds. The molecular weight excluding hydrogens is 276 g/mol. The smallest absolute Gasteiger partial charge is 0.121 e. The van der Waals surface area contributed by atoms with Crippen LogP contribution in [0.5, 0.6) is 0 Å². The zero-order chi connectivity index (χ0) is 15.3. The minimum Gasteiger partial charge on any atom is -0.393 e. The van der Waals surface area contributed by atoms with E-state index >= 15 is 0 Å². The summed E-state index contributed by atoms with van der Waals surface area (Å²) in [6.07, 6.45) is 10.8. The van der Waals surface area contributed by atoms with Crippen LogP contribution in [0.2, 0.25) is 0 Å². The summed E-state index contributed by atoms with van der Waals surface area (Å²) in [6.45, 7) is 4.72. The van der Waals surface area contributed by atoms with Gasteiger partial charge in [-0.3, -0.25) is 0 Å². The fourth-order valence-corrected chi connectivity index (χ4v) is 7.03. The van der Waals surface area contributed by atoms with Crippen LogP contribution in [0, 0.1) is 28.6 Å². The van der Waals surface area contributed by atoms with Gasteiger partial charge in [-0.1, -0.05) is 26.0 Å². The molecule has 3 heteroatoms. The van der Waals surface area contributed by atoms with Gasteiger partial charge in [0.25, 0.3) is 0 Å². The Kier molecular flexibility index (Phi) is 2.54. The molecule has 0 aromatic rings. The van der Waals surface area contributed by atoms with E-state index in [1.54, 1.807) is 0 Å². The van der Waals surface area contributed by atoms with Crippen LogP contribution in [0.15, 0.2) is 12.2 Å². The number of rotatable bonds is 0. The van der Waals surface area contributed by atoms with Crippen molar-refractivity contribution in [3.8, 4) is 0 Å². The van der Waals surface area contributed by atoms with Crippen LogP contribution in [-0.4, -0.2) is 34.1 Å². The van der Waals surface area contributed by atoms with E-state index in [1.807, 2.05) is 0 Å². The maximum absolute atomic E-state index is 10.5. The molecule has 5 aliphatic rings. The summed E-state index contributed by atoms with van der Waals surface area (Å²) in [7, 11) is 0. The van der Waals surface area contributed by atoms with Gasteiger partial charge in [0, 0.05) is 5.41 Å². The molecule has 4 fully saturated rings. The van der Waals surface area contributed by atoms with Crippen molar-refractivity contribution in [2.75, 3.05) is 0 Å². The molecular formula is C19H28O3. The second kappa shape index (κ2) is 3.99. The predicted molar refractivity (Wildman–Crippen MR) is 83.1 cm³/mol. The van der Waals surface area contributed by atoms with Gasteiger partial charge < -0.3 is 14.9 Å². The highest BCUT2D eigenvalue weighted by Gasteiger charge is 2.74. The van der Waals surface area contributed by atoms with Gasteiger partial charge in [-0.05, 0) is 61.7 Å². The van der Waals surface area contributed by atoms with E-state index in [1.165, 1.54) is 12.8 Å². The molecule has 0 bridgehead atoms. The first-order chi connectivity index (χ1) is 10.4. The summed E-state index contributed by atoms with van der Waals surface area (Å²) in [4.78, 5) is 0. The number of aliphatic hydroxyl groups is 2. The Morgan fingerprint density at radius 2 is 1.82 bits per heavy atom. The molecule has 0 aromatic heterocycles. The van der Waals surface area contributed by atoms with Crippen LogP contribution >= 0.6 is 0 Å². The summed E-state index contributed by atoms with van der Waals surface area (Å²) in [6, 6.07) is 0. The van der Waals surface area contributed by atoms with Gasteiger partial charge in [0.15, 0.2) is 0 Å². The second-order valence-electron chi connectivity index (χ2n) is 9.14. The Hall–Kier alpha value is -0.380. The summed E-state index contributed by atoms with van der Waals surface area (Å²) >= 11 is 0. The molecule has 1 saturated heterocycles. The van der Waals surface area contributed by atoms with Crippen molar-refractivity contribution in [1.82, 2.24) is 0 Å². The molecule has 0 radical (unpaired) electrons. The molecule has 122 valence electrons. The van der Waals surface area contributed by atoms with Gasteiger partial charge in [-0.25, -0.2) is 0 Å². The normalized spacial score (nSPS) is 65.3. The number of hydrogen-bond donors (Lipinski definition) is 2. The molecule has 1 aliphatic heterocycles. The lowest BCUT2D eigenvalue weighted by molar-refractivity contribution is -0.0809. The van der Waals surface area contributed by atoms with Crippen molar-refractivity contribution >= 4 is 0 Å². The molecule has 1 spiro atoms. The van der Waals surface area contributed by atoms with E-state index in [9.17, 15) is 10.2 Å². The lowest BCUT2D eigenvalue weighted by Gasteiger charge is -2.57. The monoisotopic (exact) mass is 304 g/mol. The lowest BCUT2D eigenvalue weighted by atomic mass is 9.47. The van der Waals surface area contributed by atoms with Gasteiger partial charge >= 0.3 is 0 Å². The third-order valence-corrected chi connectivity index (χ3v) is 8.56. The molecule has 5 rings (SSSR count). The predicted octanol–water partition coefficient (Wildman–Crippen LogP) is 2.66. The second-order valence-corrected chi connectivity index (χ2v) is 9.14. The Balaban J connectivity index is 1.56.